The third-order valence-corrected chi connectivity index (χ3v) is 3.22. The maximum atomic E-state index is 5.64. The first-order chi connectivity index (χ1) is 7.31. The first-order valence-corrected chi connectivity index (χ1v) is 5.99. The van der Waals surface area contributed by atoms with Crippen molar-refractivity contribution in [2.45, 2.75) is 38.9 Å². The summed E-state index contributed by atoms with van der Waals surface area (Å²) in [5.41, 5.74) is 0. The van der Waals surface area contributed by atoms with Crippen molar-refractivity contribution in [1.82, 2.24) is 9.80 Å². The molecule has 2 saturated heterocycles. The summed E-state index contributed by atoms with van der Waals surface area (Å²) in [6.07, 6.45) is 3.11. The monoisotopic (exact) mass is 214 g/mol. The molecule has 0 N–H and O–H groups in total. The molecular weight excluding hydrogens is 192 g/mol. The highest BCUT2D eigenvalue weighted by Crippen LogP contribution is 2.15. The van der Waals surface area contributed by atoms with Crippen LogP contribution in [-0.4, -0.2) is 55.2 Å². The summed E-state index contributed by atoms with van der Waals surface area (Å²) in [6, 6.07) is 0. The molecular formula is C11H22N2O2. The SMILES string of the molecule is CCC1CN(CN2COC(CC)C2)CO1. The van der Waals surface area contributed by atoms with Gasteiger partial charge in [0.15, 0.2) is 0 Å². The maximum Gasteiger partial charge on any atom is 0.101 e. The van der Waals surface area contributed by atoms with Crippen LogP contribution in [0.2, 0.25) is 0 Å². The number of rotatable bonds is 4. The van der Waals surface area contributed by atoms with Crippen LogP contribution in [0.25, 0.3) is 0 Å². The lowest BCUT2D eigenvalue weighted by Gasteiger charge is -2.20. The van der Waals surface area contributed by atoms with Gasteiger partial charge in [0.25, 0.3) is 0 Å². The Morgan fingerprint density at radius 3 is 1.73 bits per heavy atom. The lowest BCUT2D eigenvalue weighted by Crippen LogP contribution is -2.36. The molecule has 0 aliphatic carbocycles. The zero-order valence-corrected chi connectivity index (χ0v) is 9.82. The second kappa shape index (κ2) is 5.25. The standard InChI is InChI=1S/C11H22N2O2/c1-3-10-5-12(8-14-10)7-13-6-11(4-2)15-9-13/h10-11H,3-9H2,1-2H3. The molecule has 0 aromatic heterocycles. The van der Waals surface area contributed by atoms with Gasteiger partial charge in [0.2, 0.25) is 0 Å². The highest BCUT2D eigenvalue weighted by molar-refractivity contribution is 4.73. The molecule has 88 valence electrons. The van der Waals surface area contributed by atoms with E-state index in [-0.39, 0.29) is 0 Å². The number of ether oxygens (including phenoxy) is 2. The van der Waals surface area contributed by atoms with E-state index in [2.05, 4.69) is 23.6 Å². The molecule has 0 aromatic rings. The van der Waals surface area contributed by atoms with Gasteiger partial charge in [-0.1, -0.05) is 13.8 Å². The molecule has 2 aliphatic heterocycles. The topological polar surface area (TPSA) is 24.9 Å². The van der Waals surface area contributed by atoms with Gasteiger partial charge in [0.1, 0.15) is 13.5 Å². The Kier molecular flexibility index (Phi) is 3.97. The van der Waals surface area contributed by atoms with Crippen LogP contribution in [0, 0.1) is 0 Å². The minimum atomic E-state index is 0.440. The molecule has 0 spiro atoms. The summed E-state index contributed by atoms with van der Waals surface area (Å²) in [5.74, 6) is 0. The van der Waals surface area contributed by atoms with Crippen LogP contribution in [0.3, 0.4) is 0 Å². The Labute approximate surface area is 92.1 Å². The number of nitrogens with zero attached hydrogens (tertiary/aromatic N) is 2. The van der Waals surface area contributed by atoms with Gasteiger partial charge in [0, 0.05) is 13.1 Å². The van der Waals surface area contributed by atoms with Crippen molar-refractivity contribution in [2.75, 3.05) is 33.2 Å². The normalized spacial score (nSPS) is 34.0. The van der Waals surface area contributed by atoms with Gasteiger partial charge in [-0.3, -0.25) is 9.80 Å². The summed E-state index contributed by atoms with van der Waals surface area (Å²) >= 11 is 0. The highest BCUT2D eigenvalue weighted by atomic mass is 16.5. The Bertz CT molecular complexity index is 181. The van der Waals surface area contributed by atoms with Crippen molar-refractivity contribution in [2.24, 2.45) is 0 Å². The van der Waals surface area contributed by atoms with Gasteiger partial charge < -0.3 is 9.47 Å². The van der Waals surface area contributed by atoms with E-state index < -0.39 is 0 Å². The van der Waals surface area contributed by atoms with Crippen molar-refractivity contribution in [3.05, 3.63) is 0 Å². The fourth-order valence-corrected chi connectivity index (χ4v) is 2.18. The number of hydrogen-bond acceptors (Lipinski definition) is 4. The molecule has 15 heavy (non-hydrogen) atoms. The Balaban J connectivity index is 1.70. The molecule has 0 saturated carbocycles. The van der Waals surface area contributed by atoms with Crippen molar-refractivity contribution < 1.29 is 9.47 Å². The Hall–Kier alpha value is -0.160. The zero-order chi connectivity index (χ0) is 10.7. The molecule has 2 rings (SSSR count). The second-order valence-electron chi connectivity index (χ2n) is 4.50. The van der Waals surface area contributed by atoms with Gasteiger partial charge in [-0.25, -0.2) is 0 Å². The van der Waals surface area contributed by atoms with E-state index in [9.17, 15) is 0 Å². The fourth-order valence-electron chi connectivity index (χ4n) is 2.18. The minimum Gasteiger partial charge on any atom is -0.361 e. The lowest BCUT2D eigenvalue weighted by molar-refractivity contribution is 0.0497. The van der Waals surface area contributed by atoms with Gasteiger partial charge in [0.05, 0.1) is 18.9 Å². The lowest BCUT2D eigenvalue weighted by atomic mass is 10.3. The van der Waals surface area contributed by atoms with E-state index in [4.69, 9.17) is 9.47 Å². The molecule has 2 atom stereocenters. The Morgan fingerprint density at radius 1 is 0.933 bits per heavy atom. The number of hydrogen-bond donors (Lipinski definition) is 0. The van der Waals surface area contributed by atoms with Crippen molar-refractivity contribution in [1.29, 1.82) is 0 Å². The van der Waals surface area contributed by atoms with Crippen LogP contribution in [0.4, 0.5) is 0 Å². The smallest absolute Gasteiger partial charge is 0.101 e. The van der Waals surface area contributed by atoms with E-state index in [1.54, 1.807) is 0 Å². The van der Waals surface area contributed by atoms with Gasteiger partial charge in [-0.05, 0) is 12.8 Å². The van der Waals surface area contributed by atoms with Gasteiger partial charge in [-0.2, -0.15) is 0 Å². The first-order valence-electron chi connectivity index (χ1n) is 5.99. The predicted octanol–water partition coefficient (Wildman–Crippen LogP) is 1.08. The van der Waals surface area contributed by atoms with Crippen molar-refractivity contribution in [3.63, 3.8) is 0 Å². The molecule has 4 heteroatoms. The molecule has 0 radical (unpaired) electrons. The fraction of sp³-hybridized carbons (Fsp3) is 1.00. The van der Waals surface area contributed by atoms with Crippen LogP contribution in [0.1, 0.15) is 26.7 Å². The molecule has 2 unspecified atom stereocenters. The van der Waals surface area contributed by atoms with E-state index in [0.717, 1.165) is 46.1 Å². The summed E-state index contributed by atoms with van der Waals surface area (Å²) in [5, 5.41) is 0. The third kappa shape index (κ3) is 2.91. The average Bonchev–Trinajstić information content (AvgIpc) is 2.87. The molecule has 2 aliphatic rings. The summed E-state index contributed by atoms with van der Waals surface area (Å²) in [4.78, 5) is 4.71. The molecule has 0 amide bonds. The highest BCUT2D eigenvalue weighted by Gasteiger charge is 2.27. The summed E-state index contributed by atoms with van der Waals surface area (Å²) < 4.78 is 11.3. The van der Waals surface area contributed by atoms with Crippen LogP contribution in [0.5, 0.6) is 0 Å². The quantitative estimate of drug-likeness (QED) is 0.699. The third-order valence-electron chi connectivity index (χ3n) is 3.22. The largest absolute Gasteiger partial charge is 0.361 e. The Morgan fingerprint density at radius 2 is 1.40 bits per heavy atom. The van der Waals surface area contributed by atoms with Crippen LogP contribution < -0.4 is 0 Å². The zero-order valence-electron chi connectivity index (χ0n) is 9.82. The molecule has 2 heterocycles. The molecule has 2 fully saturated rings. The summed E-state index contributed by atoms with van der Waals surface area (Å²) in [6.45, 7) is 9.07. The second-order valence-corrected chi connectivity index (χ2v) is 4.50. The van der Waals surface area contributed by atoms with Crippen LogP contribution in [0.15, 0.2) is 0 Å². The minimum absolute atomic E-state index is 0.440. The maximum absolute atomic E-state index is 5.64. The van der Waals surface area contributed by atoms with Gasteiger partial charge >= 0.3 is 0 Å². The first kappa shape index (κ1) is 11.3. The van der Waals surface area contributed by atoms with Crippen molar-refractivity contribution in [3.8, 4) is 0 Å². The molecule has 0 aromatic carbocycles. The van der Waals surface area contributed by atoms with Crippen molar-refractivity contribution >= 4 is 0 Å². The van der Waals surface area contributed by atoms with Crippen LogP contribution >= 0.6 is 0 Å². The molecule has 4 nitrogen and oxygen atoms in total. The van der Waals surface area contributed by atoms with E-state index in [1.807, 2.05) is 0 Å². The summed E-state index contributed by atoms with van der Waals surface area (Å²) in [7, 11) is 0. The van der Waals surface area contributed by atoms with E-state index in [1.165, 1.54) is 0 Å². The van der Waals surface area contributed by atoms with Gasteiger partial charge in [-0.15, -0.1) is 0 Å². The predicted molar refractivity (Wildman–Crippen MR) is 58.3 cm³/mol. The van der Waals surface area contributed by atoms with E-state index in [0.29, 0.717) is 12.2 Å². The van der Waals surface area contributed by atoms with Crippen LogP contribution in [-0.2, 0) is 9.47 Å². The molecule has 0 bridgehead atoms. The average molecular weight is 214 g/mol. The van der Waals surface area contributed by atoms with E-state index >= 15 is 0 Å².